The minimum atomic E-state index is -0.529. The van der Waals surface area contributed by atoms with Crippen molar-refractivity contribution in [2.24, 2.45) is 0 Å². The minimum absolute atomic E-state index is 0.0714. The topological polar surface area (TPSA) is 68.5 Å². The predicted octanol–water partition coefficient (Wildman–Crippen LogP) is 4.96. The molecule has 5 nitrogen and oxygen atoms in total. The standard InChI is InChI=1S/C23H15F2NO4/c24-15-7-5-14(6-8-15)22(28)23-21(18-3-1-2-4-19(18)30-23)26-20(27)13-29-17-11-9-16(25)10-12-17/h1-12H,13H2,(H,26,27). The summed E-state index contributed by atoms with van der Waals surface area (Å²) in [7, 11) is 0. The molecule has 0 saturated heterocycles. The van der Waals surface area contributed by atoms with E-state index in [4.69, 9.17) is 9.15 Å². The summed E-state index contributed by atoms with van der Waals surface area (Å²) >= 11 is 0. The first-order valence-corrected chi connectivity index (χ1v) is 9.01. The number of fused-ring (bicyclic) bond motifs is 1. The van der Waals surface area contributed by atoms with Crippen LogP contribution in [-0.2, 0) is 4.79 Å². The molecule has 0 bridgehead atoms. The molecule has 30 heavy (non-hydrogen) atoms. The van der Waals surface area contributed by atoms with Crippen molar-refractivity contribution >= 4 is 28.3 Å². The third-order valence-electron chi connectivity index (χ3n) is 4.36. The number of furan rings is 1. The van der Waals surface area contributed by atoms with Gasteiger partial charge in [0.05, 0.1) is 5.69 Å². The molecule has 1 N–H and O–H groups in total. The summed E-state index contributed by atoms with van der Waals surface area (Å²) in [4.78, 5) is 25.3. The number of para-hydroxylation sites is 1. The van der Waals surface area contributed by atoms with E-state index in [9.17, 15) is 18.4 Å². The van der Waals surface area contributed by atoms with Gasteiger partial charge in [0.15, 0.2) is 12.4 Å². The quantitative estimate of drug-likeness (QED) is 0.459. The van der Waals surface area contributed by atoms with Crippen LogP contribution in [0.25, 0.3) is 11.0 Å². The van der Waals surface area contributed by atoms with Gasteiger partial charge in [-0.2, -0.15) is 0 Å². The molecular formula is C23H15F2NO4. The van der Waals surface area contributed by atoms with Gasteiger partial charge in [-0.1, -0.05) is 12.1 Å². The zero-order valence-corrected chi connectivity index (χ0v) is 15.5. The van der Waals surface area contributed by atoms with E-state index in [2.05, 4.69) is 5.32 Å². The highest BCUT2D eigenvalue weighted by Gasteiger charge is 2.23. The van der Waals surface area contributed by atoms with E-state index < -0.39 is 23.3 Å². The lowest BCUT2D eigenvalue weighted by atomic mass is 10.1. The molecule has 150 valence electrons. The first kappa shape index (κ1) is 19.3. The number of rotatable bonds is 6. The Bertz CT molecular complexity index is 1210. The summed E-state index contributed by atoms with van der Waals surface area (Å²) in [5, 5.41) is 3.19. The Kier molecular flexibility index (Phi) is 5.26. The van der Waals surface area contributed by atoms with E-state index in [0.29, 0.717) is 16.7 Å². The van der Waals surface area contributed by atoms with Crippen LogP contribution in [0.5, 0.6) is 5.75 Å². The van der Waals surface area contributed by atoms with Gasteiger partial charge < -0.3 is 14.5 Å². The predicted molar refractivity (Wildman–Crippen MR) is 107 cm³/mol. The van der Waals surface area contributed by atoms with Gasteiger partial charge in [0.1, 0.15) is 23.0 Å². The van der Waals surface area contributed by atoms with Crippen molar-refractivity contribution in [1.82, 2.24) is 0 Å². The van der Waals surface area contributed by atoms with Gasteiger partial charge in [-0.05, 0) is 60.7 Å². The van der Waals surface area contributed by atoms with E-state index >= 15 is 0 Å². The van der Waals surface area contributed by atoms with Gasteiger partial charge in [0.25, 0.3) is 5.91 Å². The SMILES string of the molecule is O=C(COc1ccc(F)cc1)Nc1c(C(=O)c2ccc(F)cc2)oc2ccccc12. The maximum Gasteiger partial charge on any atom is 0.262 e. The maximum atomic E-state index is 13.2. The molecule has 0 aliphatic rings. The first-order chi connectivity index (χ1) is 14.5. The van der Waals surface area contributed by atoms with E-state index in [1.54, 1.807) is 24.3 Å². The molecule has 3 aromatic carbocycles. The third-order valence-corrected chi connectivity index (χ3v) is 4.36. The molecule has 0 aliphatic carbocycles. The second kappa shape index (κ2) is 8.16. The summed E-state index contributed by atoms with van der Waals surface area (Å²) in [5.41, 5.74) is 0.832. The second-order valence-electron chi connectivity index (χ2n) is 6.43. The molecule has 1 heterocycles. The number of carbonyl (C=O) groups excluding carboxylic acids is 2. The smallest absolute Gasteiger partial charge is 0.262 e. The van der Waals surface area contributed by atoms with Crippen LogP contribution < -0.4 is 10.1 Å². The summed E-state index contributed by atoms with van der Waals surface area (Å²) in [6.07, 6.45) is 0. The van der Waals surface area contributed by atoms with Crippen molar-refractivity contribution < 1.29 is 27.5 Å². The van der Waals surface area contributed by atoms with Crippen molar-refractivity contribution in [3.05, 3.63) is 95.8 Å². The fourth-order valence-electron chi connectivity index (χ4n) is 2.92. The highest BCUT2D eigenvalue weighted by Crippen LogP contribution is 2.32. The van der Waals surface area contributed by atoms with Gasteiger partial charge in [-0.25, -0.2) is 8.78 Å². The fraction of sp³-hybridized carbons (Fsp3) is 0.0435. The first-order valence-electron chi connectivity index (χ1n) is 9.01. The van der Waals surface area contributed by atoms with Crippen LogP contribution in [-0.4, -0.2) is 18.3 Å². The molecule has 4 rings (SSSR count). The largest absolute Gasteiger partial charge is 0.484 e. The van der Waals surface area contributed by atoms with E-state index in [-0.39, 0.29) is 23.6 Å². The molecule has 1 amide bonds. The molecule has 0 fully saturated rings. The molecule has 7 heteroatoms. The molecular weight excluding hydrogens is 392 g/mol. The zero-order valence-electron chi connectivity index (χ0n) is 15.5. The lowest BCUT2D eigenvalue weighted by Crippen LogP contribution is -2.21. The molecule has 0 spiro atoms. The van der Waals surface area contributed by atoms with Crippen LogP contribution in [0.15, 0.2) is 77.2 Å². The number of ketones is 1. The molecule has 1 aromatic heterocycles. The monoisotopic (exact) mass is 407 g/mol. The summed E-state index contributed by atoms with van der Waals surface area (Å²) in [5.74, 6) is -1.66. The van der Waals surface area contributed by atoms with Gasteiger partial charge >= 0.3 is 0 Å². The van der Waals surface area contributed by atoms with Crippen LogP contribution >= 0.6 is 0 Å². The zero-order chi connectivity index (χ0) is 21.1. The summed E-state index contributed by atoms with van der Waals surface area (Å²) in [6.45, 7) is -0.352. The second-order valence-corrected chi connectivity index (χ2v) is 6.43. The Labute approximate surface area is 169 Å². The Morgan fingerprint density at radius 1 is 0.867 bits per heavy atom. The van der Waals surface area contributed by atoms with Gasteiger partial charge in [0, 0.05) is 10.9 Å². The van der Waals surface area contributed by atoms with E-state index in [1.807, 2.05) is 0 Å². The average Bonchev–Trinajstić information content (AvgIpc) is 3.12. The lowest BCUT2D eigenvalue weighted by Gasteiger charge is -2.08. The number of benzene rings is 3. The highest BCUT2D eigenvalue weighted by molar-refractivity contribution is 6.17. The number of hydrogen-bond acceptors (Lipinski definition) is 4. The normalized spacial score (nSPS) is 10.7. The summed E-state index contributed by atoms with van der Waals surface area (Å²) in [6, 6.07) is 17.1. The lowest BCUT2D eigenvalue weighted by molar-refractivity contribution is -0.118. The molecule has 0 unspecified atom stereocenters. The van der Waals surface area contributed by atoms with Crippen molar-refractivity contribution in [1.29, 1.82) is 0 Å². The third kappa shape index (κ3) is 4.05. The van der Waals surface area contributed by atoms with Crippen molar-refractivity contribution in [2.75, 3.05) is 11.9 Å². The van der Waals surface area contributed by atoms with Gasteiger partial charge in [0.2, 0.25) is 5.78 Å². The number of anilines is 1. The number of hydrogen-bond donors (Lipinski definition) is 1. The number of halogens is 2. The van der Waals surface area contributed by atoms with Crippen LogP contribution in [0, 0.1) is 11.6 Å². The molecule has 4 aromatic rings. The van der Waals surface area contributed by atoms with E-state index in [0.717, 1.165) is 0 Å². The van der Waals surface area contributed by atoms with Crippen LogP contribution in [0.4, 0.5) is 14.5 Å². The molecule has 0 radical (unpaired) electrons. The maximum absolute atomic E-state index is 13.2. The molecule has 0 aliphatic heterocycles. The number of carbonyl (C=O) groups is 2. The Balaban J connectivity index is 1.59. The summed E-state index contributed by atoms with van der Waals surface area (Å²) < 4.78 is 37.2. The number of nitrogens with one attached hydrogen (secondary N) is 1. The average molecular weight is 407 g/mol. The van der Waals surface area contributed by atoms with Crippen LogP contribution in [0.3, 0.4) is 0 Å². The van der Waals surface area contributed by atoms with E-state index in [1.165, 1.54) is 48.5 Å². The van der Waals surface area contributed by atoms with Crippen molar-refractivity contribution in [2.45, 2.75) is 0 Å². The van der Waals surface area contributed by atoms with Gasteiger partial charge in [-0.3, -0.25) is 9.59 Å². The fourth-order valence-corrected chi connectivity index (χ4v) is 2.92. The van der Waals surface area contributed by atoms with Gasteiger partial charge in [-0.15, -0.1) is 0 Å². The Morgan fingerprint density at radius 3 is 2.20 bits per heavy atom. The highest BCUT2D eigenvalue weighted by atomic mass is 19.1. The van der Waals surface area contributed by atoms with Crippen LogP contribution in [0.2, 0.25) is 0 Å². The Hall–Kier alpha value is -4.00. The number of amides is 1. The minimum Gasteiger partial charge on any atom is -0.484 e. The molecule has 0 atom stereocenters. The van der Waals surface area contributed by atoms with Crippen molar-refractivity contribution in [3.8, 4) is 5.75 Å². The number of ether oxygens (including phenoxy) is 1. The van der Waals surface area contributed by atoms with Crippen molar-refractivity contribution in [3.63, 3.8) is 0 Å². The van der Waals surface area contributed by atoms with Crippen LogP contribution in [0.1, 0.15) is 16.1 Å². The molecule has 0 saturated carbocycles. The Morgan fingerprint density at radius 2 is 1.50 bits per heavy atom.